The van der Waals surface area contributed by atoms with Crippen molar-refractivity contribution in [2.75, 3.05) is 47.9 Å². The van der Waals surface area contributed by atoms with E-state index in [1.165, 1.54) is 0 Å². The number of likely N-dealkylation sites (N-methyl/N-ethyl adjacent to an activating group) is 2. The fraction of sp³-hybridized carbons (Fsp3) is 0.952. The minimum atomic E-state index is -1.54. The molecule has 58 heavy (non-hydrogen) atoms. The smallest absolute Gasteiger partial charge is 0.458 e. The van der Waals surface area contributed by atoms with E-state index in [1.807, 2.05) is 74.5 Å². The molecule has 4 heterocycles. The van der Waals surface area contributed by atoms with Gasteiger partial charge in [-0.1, -0.05) is 20.8 Å². The molecule has 1 unspecified atom stereocenters. The number of fused-ring (bicyclic) bond motifs is 1. The van der Waals surface area contributed by atoms with Gasteiger partial charge in [0.1, 0.15) is 18.3 Å². The van der Waals surface area contributed by atoms with Gasteiger partial charge in [-0.3, -0.25) is 9.69 Å². The van der Waals surface area contributed by atoms with E-state index < -0.39 is 96.1 Å². The second-order valence-corrected chi connectivity index (χ2v) is 18.6. The van der Waals surface area contributed by atoms with Crippen LogP contribution < -0.4 is 5.73 Å². The Morgan fingerprint density at radius 1 is 0.983 bits per heavy atom. The van der Waals surface area contributed by atoms with E-state index in [9.17, 15) is 19.8 Å². The number of methoxy groups -OCH3 is 1. The van der Waals surface area contributed by atoms with Crippen LogP contribution in [0, 0.1) is 17.8 Å². The molecule has 4 fully saturated rings. The summed E-state index contributed by atoms with van der Waals surface area (Å²) < 4.78 is 56.8. The maximum atomic E-state index is 14.6. The Bertz CT molecular complexity index is 1340. The average molecular weight is 832 g/mol. The van der Waals surface area contributed by atoms with Crippen molar-refractivity contribution in [3.63, 3.8) is 0 Å². The van der Waals surface area contributed by atoms with Crippen LogP contribution in [0.1, 0.15) is 101 Å². The fourth-order valence-corrected chi connectivity index (χ4v) is 9.94. The Morgan fingerprint density at radius 3 is 2.26 bits per heavy atom. The van der Waals surface area contributed by atoms with Gasteiger partial charge >= 0.3 is 12.1 Å². The molecule has 16 heteroatoms. The quantitative estimate of drug-likeness (QED) is 0.203. The maximum Gasteiger partial charge on any atom is 0.509 e. The zero-order chi connectivity index (χ0) is 43.5. The number of nitrogens with zero attached hydrogens (tertiary/aromatic N) is 2. The number of carbonyl (C=O) groups is 2. The number of esters is 1. The highest BCUT2D eigenvalue weighted by atomic mass is 16.8. The average Bonchev–Trinajstić information content (AvgIpc) is 3.46. The van der Waals surface area contributed by atoms with Crippen LogP contribution in [0.4, 0.5) is 4.79 Å². The molecule has 0 aromatic rings. The fourth-order valence-electron chi connectivity index (χ4n) is 9.94. The molecule has 0 bridgehead atoms. The summed E-state index contributed by atoms with van der Waals surface area (Å²) in [5.74, 6) is -2.41. The standard InChI is InChI=1S/C42H77N3O13/c1-15-30-42(10)35(57-39(48)58-42)27(6)45(13)22-23(2)20-40(8,49)34(56-38-32(46)29(44(11)12)19-24(3)52-38)25(4)33(26(5)37(47)54-30)55-31-21-41(9,50-14)36(28(7)53-31)51-18-16-17-43/h23-36,38,46,49H,15-22,43H2,1-14H3/t23-,24-,25?,26-,27-,28+,29+,30-,31+,32-,33+,34-,35-,36+,38+,40-,41-,42-/m1/s1. The molecule has 4 aliphatic heterocycles. The summed E-state index contributed by atoms with van der Waals surface area (Å²) in [7, 11) is 7.35. The third-order valence-electron chi connectivity index (χ3n) is 13.3. The van der Waals surface area contributed by atoms with Crippen molar-refractivity contribution >= 4 is 12.1 Å². The Hall–Kier alpha value is -1.70. The predicted octanol–water partition coefficient (Wildman–Crippen LogP) is 3.46. The molecule has 0 aromatic heterocycles. The van der Waals surface area contributed by atoms with Crippen molar-refractivity contribution in [2.24, 2.45) is 23.5 Å². The molecule has 4 saturated heterocycles. The van der Waals surface area contributed by atoms with Crippen LogP contribution in [0.5, 0.6) is 0 Å². The SMILES string of the molecule is CC[C@H]1OC(=O)[C@H](C)[C@@H](O[C@H]2C[C@@](C)(OC)[C@@H](OCCCN)[C@H](C)O2)C(C)[C@@H](O[C@@H]2O[C@H](C)C[C@H](N(C)C)[C@H]2O)[C@](C)(O)C[C@@H](C)CN(C)[C@H](C)[C@H]2OC(=O)O[C@@]21C. The lowest BCUT2D eigenvalue weighted by atomic mass is 9.77. The van der Waals surface area contributed by atoms with Crippen LogP contribution in [-0.2, 0) is 47.4 Å². The van der Waals surface area contributed by atoms with E-state index in [-0.39, 0.29) is 36.9 Å². The summed E-state index contributed by atoms with van der Waals surface area (Å²) in [6.07, 6.45) is -6.50. The summed E-state index contributed by atoms with van der Waals surface area (Å²) >= 11 is 0. The molecule has 0 aromatic carbocycles. The van der Waals surface area contributed by atoms with Gasteiger partial charge in [-0.2, -0.15) is 0 Å². The van der Waals surface area contributed by atoms with Crippen molar-refractivity contribution in [1.29, 1.82) is 0 Å². The second-order valence-electron chi connectivity index (χ2n) is 18.6. The van der Waals surface area contributed by atoms with Crippen molar-refractivity contribution in [3.8, 4) is 0 Å². The molecule has 4 N–H and O–H groups in total. The number of carbonyl (C=O) groups excluding carboxylic acids is 2. The highest BCUT2D eigenvalue weighted by Crippen LogP contribution is 2.42. The number of nitrogens with two attached hydrogens (primary N) is 1. The van der Waals surface area contributed by atoms with Gasteiger partial charge in [0.15, 0.2) is 24.3 Å². The number of hydrogen-bond donors (Lipinski definition) is 3. The number of hydrogen-bond acceptors (Lipinski definition) is 16. The number of rotatable bonds is 11. The Morgan fingerprint density at radius 2 is 1.66 bits per heavy atom. The monoisotopic (exact) mass is 832 g/mol. The Labute approximate surface area is 346 Å². The van der Waals surface area contributed by atoms with Crippen LogP contribution >= 0.6 is 0 Å². The van der Waals surface area contributed by atoms with Crippen LogP contribution in [0.2, 0.25) is 0 Å². The highest BCUT2D eigenvalue weighted by molar-refractivity contribution is 5.73. The molecular weight excluding hydrogens is 754 g/mol. The molecule has 16 nitrogen and oxygen atoms in total. The molecule has 338 valence electrons. The lowest BCUT2D eigenvalue weighted by Gasteiger charge is -2.49. The Kier molecular flexibility index (Phi) is 16.9. The maximum absolute atomic E-state index is 14.6. The minimum absolute atomic E-state index is 0.112. The van der Waals surface area contributed by atoms with Crippen LogP contribution in [-0.4, -0.2) is 170 Å². The number of cyclic esters (lactones) is 1. The molecule has 4 aliphatic rings. The first kappa shape index (κ1) is 49.0. The molecular formula is C42H77N3O13. The van der Waals surface area contributed by atoms with Gasteiger partial charge in [0.25, 0.3) is 0 Å². The van der Waals surface area contributed by atoms with Gasteiger partial charge in [-0.15, -0.1) is 0 Å². The lowest BCUT2D eigenvalue weighted by Crippen LogP contribution is -2.61. The molecule has 0 amide bonds. The largest absolute Gasteiger partial charge is 0.509 e. The van der Waals surface area contributed by atoms with Gasteiger partial charge in [-0.25, -0.2) is 4.79 Å². The zero-order valence-corrected chi connectivity index (χ0v) is 37.7. The third kappa shape index (κ3) is 10.8. The first-order valence-corrected chi connectivity index (χ1v) is 21.4. The van der Waals surface area contributed by atoms with Crippen LogP contribution in [0.15, 0.2) is 0 Å². The minimum Gasteiger partial charge on any atom is -0.458 e. The summed E-state index contributed by atoms with van der Waals surface area (Å²) in [5.41, 5.74) is 2.08. The lowest BCUT2D eigenvalue weighted by molar-refractivity contribution is -0.320. The molecule has 18 atom stereocenters. The van der Waals surface area contributed by atoms with E-state index in [0.717, 1.165) is 0 Å². The van der Waals surface area contributed by atoms with Crippen LogP contribution in [0.25, 0.3) is 0 Å². The van der Waals surface area contributed by atoms with Crippen molar-refractivity contribution in [2.45, 2.75) is 192 Å². The molecule has 0 spiro atoms. The van der Waals surface area contributed by atoms with Crippen molar-refractivity contribution in [3.05, 3.63) is 0 Å². The Balaban J connectivity index is 1.81. The number of aliphatic hydroxyl groups excluding tert-OH is 1. The summed E-state index contributed by atoms with van der Waals surface area (Å²) in [5, 5.41) is 24.4. The summed E-state index contributed by atoms with van der Waals surface area (Å²) in [4.78, 5) is 31.4. The summed E-state index contributed by atoms with van der Waals surface area (Å²) in [6.45, 7) is 20.1. The van der Waals surface area contributed by atoms with Gasteiger partial charge in [0.05, 0.1) is 41.5 Å². The zero-order valence-electron chi connectivity index (χ0n) is 37.7. The predicted molar refractivity (Wildman–Crippen MR) is 215 cm³/mol. The van der Waals surface area contributed by atoms with E-state index in [2.05, 4.69) is 4.90 Å². The molecule has 0 saturated carbocycles. The number of aliphatic hydroxyl groups is 2. The van der Waals surface area contributed by atoms with Crippen molar-refractivity contribution < 1.29 is 62.4 Å². The molecule has 0 aliphatic carbocycles. The normalized spacial score (nSPS) is 46.4. The summed E-state index contributed by atoms with van der Waals surface area (Å²) in [6, 6.07) is -0.613. The van der Waals surface area contributed by atoms with Gasteiger partial charge < -0.3 is 63.5 Å². The molecule has 4 rings (SSSR count). The first-order valence-electron chi connectivity index (χ1n) is 21.4. The van der Waals surface area contributed by atoms with E-state index in [4.69, 9.17) is 48.4 Å². The van der Waals surface area contributed by atoms with Crippen LogP contribution in [0.3, 0.4) is 0 Å². The second kappa shape index (κ2) is 20.0. The van der Waals surface area contributed by atoms with E-state index in [1.54, 1.807) is 27.9 Å². The van der Waals surface area contributed by atoms with Gasteiger partial charge in [-0.05, 0) is 108 Å². The van der Waals surface area contributed by atoms with Gasteiger partial charge in [0.2, 0.25) is 0 Å². The third-order valence-corrected chi connectivity index (χ3v) is 13.3. The molecule has 0 radical (unpaired) electrons. The highest BCUT2D eigenvalue weighted by Gasteiger charge is 2.58. The van der Waals surface area contributed by atoms with Gasteiger partial charge in [0, 0.05) is 44.7 Å². The van der Waals surface area contributed by atoms with E-state index in [0.29, 0.717) is 39.0 Å². The first-order chi connectivity index (χ1) is 27.0. The number of ether oxygens (including phenoxy) is 9. The topological polar surface area (TPSA) is 190 Å². The van der Waals surface area contributed by atoms with Crippen molar-refractivity contribution in [1.82, 2.24) is 9.80 Å². The van der Waals surface area contributed by atoms with E-state index >= 15 is 0 Å².